The van der Waals surface area contributed by atoms with Gasteiger partial charge in [-0.25, -0.2) is 27.2 Å². The average Bonchev–Trinajstić information content (AvgIpc) is 3.15. The van der Waals surface area contributed by atoms with Crippen LogP contribution in [0.1, 0.15) is 15.9 Å². The third kappa shape index (κ3) is 3.46. The highest BCUT2D eigenvalue weighted by Gasteiger charge is 2.20. The number of hydrogen-bond donors (Lipinski definition) is 3. The molecule has 0 aliphatic carbocycles. The standard InChI is InChI=1S/C19H13F2N5O3S/c20-14-5-4-12(7-15(14)21)30(28,29)26-11-3-1-2-10(6-11)17(27)13-8-23-19-16(13)18(22)24-9-25-19/h1-9,26H,(H3,22,23,24,25). The number of nitrogens with two attached hydrogens (primary N) is 1. The van der Waals surface area contributed by atoms with Crippen molar-refractivity contribution in [1.29, 1.82) is 0 Å². The molecule has 0 bridgehead atoms. The number of rotatable bonds is 5. The van der Waals surface area contributed by atoms with Crippen LogP contribution in [0, 0.1) is 11.6 Å². The molecule has 0 atom stereocenters. The van der Waals surface area contributed by atoms with Gasteiger partial charge in [-0.3, -0.25) is 9.52 Å². The molecule has 2 heterocycles. The maximum Gasteiger partial charge on any atom is 0.261 e. The van der Waals surface area contributed by atoms with Gasteiger partial charge in [0.15, 0.2) is 17.4 Å². The summed E-state index contributed by atoms with van der Waals surface area (Å²) in [5.41, 5.74) is 6.70. The van der Waals surface area contributed by atoms with E-state index in [1.165, 1.54) is 36.8 Å². The number of fused-ring (bicyclic) bond motifs is 1. The normalized spacial score (nSPS) is 11.5. The lowest BCUT2D eigenvalue weighted by Crippen LogP contribution is -2.14. The lowest BCUT2D eigenvalue weighted by molar-refractivity contribution is 0.104. The van der Waals surface area contributed by atoms with Gasteiger partial charge in [-0.1, -0.05) is 12.1 Å². The largest absolute Gasteiger partial charge is 0.383 e. The maximum atomic E-state index is 13.4. The van der Waals surface area contributed by atoms with E-state index in [4.69, 9.17) is 5.73 Å². The zero-order valence-corrected chi connectivity index (χ0v) is 15.9. The van der Waals surface area contributed by atoms with E-state index >= 15 is 0 Å². The molecule has 2 aromatic carbocycles. The van der Waals surface area contributed by atoms with Crippen LogP contribution in [0.2, 0.25) is 0 Å². The number of sulfonamides is 1. The number of aromatic amines is 1. The van der Waals surface area contributed by atoms with Gasteiger partial charge in [-0.05, 0) is 30.3 Å². The monoisotopic (exact) mass is 429 g/mol. The number of H-pyrrole nitrogens is 1. The topological polar surface area (TPSA) is 131 Å². The number of nitrogens with zero attached hydrogens (tertiary/aromatic N) is 2. The Hall–Kier alpha value is -3.86. The van der Waals surface area contributed by atoms with E-state index in [1.807, 2.05) is 0 Å². The van der Waals surface area contributed by atoms with Crippen molar-refractivity contribution in [2.45, 2.75) is 4.90 Å². The van der Waals surface area contributed by atoms with E-state index in [0.29, 0.717) is 23.2 Å². The molecule has 0 saturated heterocycles. The van der Waals surface area contributed by atoms with Crippen molar-refractivity contribution in [3.8, 4) is 0 Å². The van der Waals surface area contributed by atoms with Crippen LogP contribution >= 0.6 is 0 Å². The number of nitrogen functional groups attached to an aromatic ring is 1. The Bertz CT molecular complexity index is 1400. The molecular weight excluding hydrogens is 416 g/mol. The molecule has 2 aromatic heterocycles. The molecule has 30 heavy (non-hydrogen) atoms. The van der Waals surface area contributed by atoms with Crippen molar-refractivity contribution in [1.82, 2.24) is 15.0 Å². The van der Waals surface area contributed by atoms with Gasteiger partial charge >= 0.3 is 0 Å². The number of carbonyl (C=O) groups is 1. The van der Waals surface area contributed by atoms with Crippen molar-refractivity contribution in [3.63, 3.8) is 0 Å². The Kier molecular flexibility index (Phi) is 4.66. The Morgan fingerprint density at radius 3 is 2.63 bits per heavy atom. The number of nitrogens with one attached hydrogen (secondary N) is 2. The number of aromatic nitrogens is 3. The summed E-state index contributed by atoms with van der Waals surface area (Å²) in [5, 5.41) is 0.357. The molecule has 0 saturated carbocycles. The summed E-state index contributed by atoms with van der Waals surface area (Å²) < 4.78 is 53.7. The second-order valence-electron chi connectivity index (χ2n) is 6.28. The Balaban J connectivity index is 1.67. The molecule has 4 aromatic rings. The number of hydrogen-bond acceptors (Lipinski definition) is 6. The van der Waals surface area contributed by atoms with Crippen molar-refractivity contribution >= 4 is 38.3 Å². The fourth-order valence-electron chi connectivity index (χ4n) is 2.90. The van der Waals surface area contributed by atoms with E-state index in [-0.39, 0.29) is 22.6 Å². The van der Waals surface area contributed by atoms with Gasteiger partial charge < -0.3 is 10.7 Å². The molecule has 0 aliphatic heterocycles. The second kappa shape index (κ2) is 7.19. The molecular formula is C19H13F2N5O3S. The minimum Gasteiger partial charge on any atom is -0.383 e. The first kappa shape index (κ1) is 19.5. The van der Waals surface area contributed by atoms with Crippen LogP contribution in [0.15, 0.2) is 59.9 Å². The summed E-state index contributed by atoms with van der Waals surface area (Å²) >= 11 is 0. The summed E-state index contributed by atoms with van der Waals surface area (Å²) in [5.74, 6) is -2.76. The average molecular weight is 429 g/mol. The zero-order chi connectivity index (χ0) is 21.5. The predicted molar refractivity (Wildman–Crippen MR) is 105 cm³/mol. The summed E-state index contributed by atoms with van der Waals surface area (Å²) in [6.07, 6.45) is 2.70. The SMILES string of the molecule is Nc1ncnc2[nH]cc(C(=O)c3cccc(NS(=O)(=O)c4ccc(F)c(F)c4)c3)c12. The first-order chi connectivity index (χ1) is 14.3. The van der Waals surface area contributed by atoms with Crippen LogP contribution in [0.4, 0.5) is 20.3 Å². The van der Waals surface area contributed by atoms with Crippen molar-refractivity contribution in [2.24, 2.45) is 0 Å². The van der Waals surface area contributed by atoms with Crippen LogP contribution in [0.25, 0.3) is 11.0 Å². The molecule has 11 heteroatoms. The molecule has 0 fully saturated rings. The number of carbonyl (C=O) groups excluding carboxylic acids is 1. The quantitative estimate of drug-likeness (QED) is 0.418. The first-order valence-corrected chi connectivity index (χ1v) is 9.95. The summed E-state index contributed by atoms with van der Waals surface area (Å²) in [6, 6.07) is 7.93. The van der Waals surface area contributed by atoms with Crippen LogP contribution < -0.4 is 10.5 Å². The van der Waals surface area contributed by atoms with E-state index in [2.05, 4.69) is 19.7 Å². The molecule has 0 unspecified atom stereocenters. The fraction of sp³-hybridized carbons (Fsp3) is 0. The number of halogens is 2. The fourth-order valence-corrected chi connectivity index (χ4v) is 3.96. The molecule has 8 nitrogen and oxygen atoms in total. The molecule has 152 valence electrons. The van der Waals surface area contributed by atoms with Gasteiger partial charge in [0.25, 0.3) is 10.0 Å². The van der Waals surface area contributed by atoms with E-state index in [9.17, 15) is 22.0 Å². The second-order valence-corrected chi connectivity index (χ2v) is 7.96. The lowest BCUT2D eigenvalue weighted by Gasteiger charge is -2.10. The summed E-state index contributed by atoms with van der Waals surface area (Å²) in [4.78, 5) is 23.2. The van der Waals surface area contributed by atoms with Gasteiger partial charge in [-0.15, -0.1) is 0 Å². The molecule has 0 aliphatic rings. The van der Waals surface area contributed by atoms with E-state index in [0.717, 1.165) is 6.07 Å². The third-order valence-corrected chi connectivity index (χ3v) is 5.70. The number of ketones is 1. The van der Waals surface area contributed by atoms with Crippen molar-refractivity contribution in [2.75, 3.05) is 10.5 Å². The molecule has 0 radical (unpaired) electrons. The summed E-state index contributed by atoms with van der Waals surface area (Å²) in [6.45, 7) is 0. The minimum absolute atomic E-state index is 0.0645. The first-order valence-electron chi connectivity index (χ1n) is 8.46. The molecule has 4 N–H and O–H groups in total. The molecule has 0 amide bonds. The Morgan fingerprint density at radius 2 is 1.87 bits per heavy atom. The van der Waals surface area contributed by atoms with Crippen molar-refractivity contribution in [3.05, 3.63) is 77.8 Å². The van der Waals surface area contributed by atoms with Crippen molar-refractivity contribution < 1.29 is 22.0 Å². The molecule has 4 rings (SSSR count). The van der Waals surface area contributed by atoms with Gasteiger partial charge in [0, 0.05) is 17.4 Å². The zero-order valence-electron chi connectivity index (χ0n) is 15.1. The lowest BCUT2D eigenvalue weighted by atomic mass is 10.0. The third-order valence-electron chi connectivity index (χ3n) is 4.32. The van der Waals surface area contributed by atoms with Gasteiger partial charge in [0.05, 0.1) is 15.8 Å². The molecule has 0 spiro atoms. The predicted octanol–water partition coefficient (Wildman–Crippen LogP) is 2.85. The Labute approximate surface area is 168 Å². The van der Waals surface area contributed by atoms with E-state index in [1.54, 1.807) is 0 Å². The Morgan fingerprint density at radius 1 is 1.07 bits per heavy atom. The smallest absolute Gasteiger partial charge is 0.261 e. The maximum absolute atomic E-state index is 13.4. The summed E-state index contributed by atoms with van der Waals surface area (Å²) in [7, 11) is -4.20. The van der Waals surface area contributed by atoms with Crippen LogP contribution in [-0.4, -0.2) is 29.2 Å². The van der Waals surface area contributed by atoms with Crippen LogP contribution in [-0.2, 0) is 10.0 Å². The minimum atomic E-state index is -4.20. The number of benzene rings is 2. The van der Waals surface area contributed by atoms with Gasteiger partial charge in [0.1, 0.15) is 17.8 Å². The highest BCUT2D eigenvalue weighted by molar-refractivity contribution is 7.92. The van der Waals surface area contributed by atoms with E-state index < -0.39 is 32.3 Å². The highest BCUT2D eigenvalue weighted by Crippen LogP contribution is 2.25. The van der Waals surface area contributed by atoms with Gasteiger partial charge in [-0.2, -0.15) is 0 Å². The van der Waals surface area contributed by atoms with Crippen LogP contribution in [0.3, 0.4) is 0 Å². The van der Waals surface area contributed by atoms with Crippen LogP contribution in [0.5, 0.6) is 0 Å². The highest BCUT2D eigenvalue weighted by atomic mass is 32.2. The number of anilines is 2. The van der Waals surface area contributed by atoms with Gasteiger partial charge in [0.2, 0.25) is 0 Å².